The van der Waals surface area contributed by atoms with Gasteiger partial charge in [-0.25, -0.2) is 0 Å². The van der Waals surface area contributed by atoms with Gasteiger partial charge in [-0.1, -0.05) is 23.7 Å². The average molecular weight is 366 g/mol. The van der Waals surface area contributed by atoms with Gasteiger partial charge in [0, 0.05) is 12.6 Å². The minimum atomic E-state index is -0.294. The molecule has 2 aromatic rings. The number of thiophene rings is 1. The number of nitrogens with one attached hydrogen (secondary N) is 3. The lowest BCUT2D eigenvalue weighted by atomic mass is 10.2. The Hall–Kier alpha value is -1.89. The number of amides is 2. The van der Waals surface area contributed by atoms with E-state index in [9.17, 15) is 9.59 Å². The van der Waals surface area contributed by atoms with Crippen molar-refractivity contribution in [1.82, 2.24) is 10.6 Å². The van der Waals surface area contributed by atoms with Crippen molar-refractivity contribution in [3.63, 3.8) is 0 Å². The molecule has 0 saturated heterocycles. The van der Waals surface area contributed by atoms with E-state index in [0.29, 0.717) is 27.0 Å². The standard InChI is InChI=1S/C17H20ClN3O2S/c1-10-8-14(21-16(22)12-6-4-5-7-13(12)18)24-15(10)17(23)20-9-11(2)19-3/h4-8,11,19H,9H2,1-3H3,(H,20,23)(H,21,22). The molecule has 0 aliphatic heterocycles. The quantitative estimate of drug-likeness (QED) is 0.735. The summed E-state index contributed by atoms with van der Waals surface area (Å²) in [4.78, 5) is 25.1. The van der Waals surface area contributed by atoms with Gasteiger partial charge in [0.25, 0.3) is 11.8 Å². The minimum absolute atomic E-state index is 0.141. The van der Waals surface area contributed by atoms with Crippen molar-refractivity contribution in [1.29, 1.82) is 0 Å². The third-order valence-electron chi connectivity index (χ3n) is 3.54. The second kappa shape index (κ2) is 8.28. The summed E-state index contributed by atoms with van der Waals surface area (Å²) >= 11 is 7.28. The number of hydrogen-bond donors (Lipinski definition) is 3. The van der Waals surface area contributed by atoms with Crippen molar-refractivity contribution in [2.75, 3.05) is 18.9 Å². The fraction of sp³-hybridized carbons (Fsp3) is 0.294. The van der Waals surface area contributed by atoms with Crippen LogP contribution in [0.2, 0.25) is 5.02 Å². The van der Waals surface area contributed by atoms with Gasteiger partial charge in [-0.05, 0) is 44.7 Å². The van der Waals surface area contributed by atoms with E-state index < -0.39 is 0 Å². The van der Waals surface area contributed by atoms with Crippen LogP contribution >= 0.6 is 22.9 Å². The molecule has 5 nitrogen and oxygen atoms in total. The van der Waals surface area contributed by atoms with Crippen LogP contribution < -0.4 is 16.0 Å². The van der Waals surface area contributed by atoms with Crippen LogP contribution in [0.3, 0.4) is 0 Å². The highest BCUT2D eigenvalue weighted by Crippen LogP contribution is 2.27. The summed E-state index contributed by atoms with van der Waals surface area (Å²) in [5, 5.41) is 9.73. The number of carbonyl (C=O) groups is 2. The van der Waals surface area contributed by atoms with Crippen molar-refractivity contribution in [3.8, 4) is 0 Å². The molecule has 128 valence electrons. The number of anilines is 1. The van der Waals surface area contributed by atoms with Gasteiger partial charge in [-0.2, -0.15) is 0 Å². The van der Waals surface area contributed by atoms with Gasteiger partial charge in [-0.15, -0.1) is 11.3 Å². The molecule has 24 heavy (non-hydrogen) atoms. The Morgan fingerprint density at radius 2 is 1.96 bits per heavy atom. The van der Waals surface area contributed by atoms with Gasteiger partial charge in [0.05, 0.1) is 20.5 Å². The van der Waals surface area contributed by atoms with Crippen LogP contribution in [0.25, 0.3) is 0 Å². The van der Waals surface area contributed by atoms with Crippen molar-refractivity contribution in [3.05, 3.63) is 51.4 Å². The molecule has 2 rings (SSSR count). The number of carbonyl (C=O) groups excluding carboxylic acids is 2. The summed E-state index contributed by atoms with van der Waals surface area (Å²) in [7, 11) is 1.84. The van der Waals surface area contributed by atoms with E-state index in [1.165, 1.54) is 11.3 Å². The Balaban J connectivity index is 2.07. The Morgan fingerprint density at radius 1 is 1.25 bits per heavy atom. The monoisotopic (exact) mass is 365 g/mol. The van der Waals surface area contributed by atoms with Crippen LogP contribution in [-0.2, 0) is 0 Å². The first kappa shape index (κ1) is 18.4. The molecule has 0 spiro atoms. The van der Waals surface area contributed by atoms with Crippen LogP contribution in [0, 0.1) is 6.92 Å². The molecule has 0 bridgehead atoms. The van der Waals surface area contributed by atoms with Gasteiger partial charge >= 0.3 is 0 Å². The molecule has 1 atom stereocenters. The van der Waals surface area contributed by atoms with E-state index in [1.807, 2.05) is 20.9 Å². The number of halogens is 1. The molecule has 0 fully saturated rings. The lowest BCUT2D eigenvalue weighted by Crippen LogP contribution is -2.37. The molecule has 2 amide bonds. The van der Waals surface area contributed by atoms with Crippen LogP contribution in [0.15, 0.2) is 30.3 Å². The molecule has 7 heteroatoms. The maximum atomic E-state index is 12.3. The summed E-state index contributed by atoms with van der Waals surface area (Å²) < 4.78 is 0. The number of hydrogen-bond acceptors (Lipinski definition) is 4. The van der Waals surface area contributed by atoms with Gasteiger partial charge < -0.3 is 16.0 Å². The third-order valence-corrected chi connectivity index (χ3v) is 5.02. The zero-order valence-corrected chi connectivity index (χ0v) is 15.3. The molecule has 1 aromatic heterocycles. The molecule has 0 radical (unpaired) electrons. The van der Waals surface area contributed by atoms with E-state index in [0.717, 1.165) is 5.56 Å². The van der Waals surface area contributed by atoms with Gasteiger partial charge in [-0.3, -0.25) is 9.59 Å². The van der Waals surface area contributed by atoms with E-state index >= 15 is 0 Å². The van der Waals surface area contributed by atoms with Crippen LogP contribution in [0.1, 0.15) is 32.5 Å². The first-order chi connectivity index (χ1) is 11.4. The summed E-state index contributed by atoms with van der Waals surface area (Å²) in [6.07, 6.45) is 0. The molecule has 0 saturated carbocycles. The SMILES string of the molecule is CNC(C)CNC(=O)c1sc(NC(=O)c2ccccc2Cl)cc1C. The average Bonchev–Trinajstić information content (AvgIpc) is 2.92. The molecule has 1 heterocycles. The number of aryl methyl sites for hydroxylation is 1. The number of benzene rings is 1. The maximum Gasteiger partial charge on any atom is 0.261 e. The van der Waals surface area contributed by atoms with Gasteiger partial charge in [0.2, 0.25) is 0 Å². The topological polar surface area (TPSA) is 70.2 Å². The van der Waals surface area contributed by atoms with Gasteiger partial charge in [0.1, 0.15) is 0 Å². The highest BCUT2D eigenvalue weighted by Gasteiger charge is 2.16. The second-order valence-electron chi connectivity index (χ2n) is 5.46. The molecule has 1 aromatic carbocycles. The van der Waals surface area contributed by atoms with E-state index in [4.69, 9.17) is 11.6 Å². The van der Waals surface area contributed by atoms with E-state index in [2.05, 4.69) is 16.0 Å². The normalized spacial score (nSPS) is 11.8. The second-order valence-corrected chi connectivity index (χ2v) is 6.92. The minimum Gasteiger partial charge on any atom is -0.350 e. The molecule has 0 aliphatic carbocycles. The molecular formula is C17H20ClN3O2S. The first-order valence-electron chi connectivity index (χ1n) is 7.54. The fourth-order valence-electron chi connectivity index (χ4n) is 2.02. The molecule has 1 unspecified atom stereocenters. The highest BCUT2D eigenvalue weighted by molar-refractivity contribution is 7.18. The lowest BCUT2D eigenvalue weighted by Gasteiger charge is -2.10. The first-order valence-corrected chi connectivity index (χ1v) is 8.73. The number of likely N-dealkylation sites (N-methyl/N-ethyl adjacent to an activating group) is 1. The zero-order chi connectivity index (χ0) is 17.7. The van der Waals surface area contributed by atoms with Crippen molar-refractivity contribution in [2.24, 2.45) is 0 Å². The third kappa shape index (κ3) is 4.56. The Morgan fingerprint density at radius 3 is 2.62 bits per heavy atom. The van der Waals surface area contributed by atoms with Crippen LogP contribution in [-0.4, -0.2) is 31.4 Å². The lowest BCUT2D eigenvalue weighted by molar-refractivity contribution is 0.0953. The summed E-state index contributed by atoms with van der Waals surface area (Å²) in [6, 6.07) is 8.82. The molecule has 3 N–H and O–H groups in total. The Labute approximate surface area is 150 Å². The zero-order valence-electron chi connectivity index (χ0n) is 13.8. The predicted octanol–water partition coefficient (Wildman–Crippen LogP) is 3.30. The fourth-order valence-corrected chi connectivity index (χ4v) is 3.23. The molecular weight excluding hydrogens is 346 g/mol. The summed E-state index contributed by atoms with van der Waals surface area (Å²) in [6.45, 7) is 4.36. The maximum absolute atomic E-state index is 12.3. The van der Waals surface area contributed by atoms with E-state index in [1.54, 1.807) is 30.3 Å². The van der Waals surface area contributed by atoms with Crippen LogP contribution in [0.4, 0.5) is 5.00 Å². The largest absolute Gasteiger partial charge is 0.350 e. The van der Waals surface area contributed by atoms with Crippen molar-refractivity contribution < 1.29 is 9.59 Å². The summed E-state index contributed by atoms with van der Waals surface area (Å²) in [5.41, 5.74) is 1.23. The smallest absolute Gasteiger partial charge is 0.261 e. The van der Waals surface area contributed by atoms with Crippen molar-refractivity contribution in [2.45, 2.75) is 19.9 Å². The number of rotatable bonds is 6. The van der Waals surface area contributed by atoms with E-state index in [-0.39, 0.29) is 17.9 Å². The molecule has 0 aliphatic rings. The predicted molar refractivity (Wildman–Crippen MR) is 99.3 cm³/mol. The van der Waals surface area contributed by atoms with Gasteiger partial charge in [0.15, 0.2) is 0 Å². The Kier molecular flexibility index (Phi) is 6.36. The summed E-state index contributed by atoms with van der Waals surface area (Å²) in [5.74, 6) is -0.435. The van der Waals surface area contributed by atoms with Crippen LogP contribution in [0.5, 0.6) is 0 Å². The van der Waals surface area contributed by atoms with Crippen molar-refractivity contribution >= 4 is 39.8 Å². The highest BCUT2D eigenvalue weighted by atomic mass is 35.5. The Bertz CT molecular complexity index is 745.